The SMILES string of the molecule is CC(c1ccc(C#CCO)cc1)N1C(=O)C2CC2C1=O. The normalized spacial score (nSPS) is 25.0. The molecule has 0 radical (unpaired) electrons. The fourth-order valence-electron chi connectivity index (χ4n) is 2.72. The molecular weight excluding hydrogens is 254 g/mol. The lowest BCUT2D eigenvalue weighted by atomic mass is 10.0. The Morgan fingerprint density at radius 2 is 1.85 bits per heavy atom. The van der Waals surface area contributed by atoms with Crippen LogP contribution >= 0.6 is 0 Å². The molecule has 3 rings (SSSR count). The third-order valence-corrected chi connectivity index (χ3v) is 3.99. The highest BCUT2D eigenvalue weighted by atomic mass is 16.2. The number of likely N-dealkylation sites (tertiary alicyclic amines) is 1. The van der Waals surface area contributed by atoms with Gasteiger partial charge in [-0.25, -0.2) is 0 Å². The molecule has 0 spiro atoms. The average molecular weight is 269 g/mol. The molecule has 1 aliphatic heterocycles. The Kier molecular flexibility index (Phi) is 3.07. The molecular formula is C16H15NO3. The van der Waals surface area contributed by atoms with Crippen LogP contribution in [0.25, 0.3) is 0 Å². The van der Waals surface area contributed by atoms with Crippen LogP contribution in [0.1, 0.15) is 30.5 Å². The standard InChI is InChI=1S/C16H15NO3/c1-10(17-15(19)13-9-14(13)16(17)20)12-6-4-11(5-7-12)3-2-8-18/h4-7,10,13-14,18H,8-9H2,1H3. The topological polar surface area (TPSA) is 57.6 Å². The van der Waals surface area contributed by atoms with Crippen molar-refractivity contribution >= 4 is 11.8 Å². The molecule has 3 unspecified atom stereocenters. The van der Waals surface area contributed by atoms with Gasteiger partial charge in [0.1, 0.15) is 6.61 Å². The van der Waals surface area contributed by atoms with Crippen molar-refractivity contribution < 1.29 is 14.7 Å². The van der Waals surface area contributed by atoms with Crippen LogP contribution in [-0.4, -0.2) is 28.4 Å². The third-order valence-electron chi connectivity index (χ3n) is 3.99. The van der Waals surface area contributed by atoms with Crippen LogP contribution in [0.4, 0.5) is 0 Å². The van der Waals surface area contributed by atoms with Gasteiger partial charge in [0.15, 0.2) is 0 Å². The first-order valence-electron chi connectivity index (χ1n) is 6.70. The molecule has 20 heavy (non-hydrogen) atoms. The number of aliphatic hydroxyl groups is 1. The van der Waals surface area contributed by atoms with Gasteiger partial charge in [0, 0.05) is 5.56 Å². The van der Waals surface area contributed by atoms with Gasteiger partial charge in [0.25, 0.3) is 0 Å². The van der Waals surface area contributed by atoms with Crippen LogP contribution in [0.2, 0.25) is 0 Å². The monoisotopic (exact) mass is 269 g/mol. The molecule has 0 aromatic heterocycles. The van der Waals surface area contributed by atoms with E-state index in [9.17, 15) is 9.59 Å². The molecule has 1 aromatic carbocycles. The van der Waals surface area contributed by atoms with Crippen molar-refractivity contribution in [2.45, 2.75) is 19.4 Å². The Morgan fingerprint density at radius 1 is 1.25 bits per heavy atom. The van der Waals surface area contributed by atoms with Gasteiger partial charge in [0.05, 0.1) is 17.9 Å². The minimum atomic E-state index is -0.234. The first-order valence-corrected chi connectivity index (χ1v) is 6.70. The number of imide groups is 1. The number of rotatable bonds is 2. The molecule has 102 valence electrons. The zero-order chi connectivity index (χ0) is 14.3. The zero-order valence-electron chi connectivity index (χ0n) is 11.2. The van der Waals surface area contributed by atoms with Crippen LogP contribution in [0, 0.1) is 23.7 Å². The highest BCUT2D eigenvalue weighted by Crippen LogP contribution is 2.49. The first-order chi connectivity index (χ1) is 9.63. The molecule has 1 N–H and O–H groups in total. The summed E-state index contributed by atoms with van der Waals surface area (Å²) >= 11 is 0. The summed E-state index contributed by atoms with van der Waals surface area (Å²) in [5.41, 5.74) is 1.72. The van der Waals surface area contributed by atoms with Gasteiger partial charge in [-0.2, -0.15) is 0 Å². The Balaban J connectivity index is 1.79. The molecule has 1 aliphatic carbocycles. The smallest absolute Gasteiger partial charge is 0.233 e. The van der Waals surface area contributed by atoms with E-state index in [0.717, 1.165) is 17.5 Å². The maximum Gasteiger partial charge on any atom is 0.233 e. The number of aliphatic hydroxyl groups excluding tert-OH is 1. The molecule has 2 fully saturated rings. The number of piperidine rings is 1. The van der Waals surface area contributed by atoms with Gasteiger partial charge in [-0.15, -0.1) is 0 Å². The lowest BCUT2D eigenvalue weighted by Crippen LogP contribution is -2.35. The van der Waals surface area contributed by atoms with E-state index in [1.807, 2.05) is 31.2 Å². The second-order valence-electron chi connectivity index (χ2n) is 5.25. The van der Waals surface area contributed by atoms with Crippen LogP contribution in [0.5, 0.6) is 0 Å². The van der Waals surface area contributed by atoms with E-state index in [4.69, 9.17) is 5.11 Å². The van der Waals surface area contributed by atoms with Crippen LogP contribution in [0.3, 0.4) is 0 Å². The summed E-state index contributed by atoms with van der Waals surface area (Å²) in [5.74, 6) is 5.22. The second-order valence-corrected chi connectivity index (χ2v) is 5.25. The molecule has 2 aliphatic rings. The van der Waals surface area contributed by atoms with Crippen LogP contribution in [0.15, 0.2) is 24.3 Å². The highest BCUT2D eigenvalue weighted by molar-refractivity contribution is 6.09. The van der Waals surface area contributed by atoms with Crippen molar-refractivity contribution in [3.8, 4) is 11.8 Å². The number of carbonyl (C=O) groups excluding carboxylic acids is 2. The Bertz CT molecular complexity index is 603. The minimum absolute atomic E-state index is 0.0309. The minimum Gasteiger partial charge on any atom is -0.384 e. The third kappa shape index (κ3) is 2.00. The van der Waals surface area contributed by atoms with Crippen molar-refractivity contribution in [1.29, 1.82) is 0 Å². The summed E-state index contributed by atoms with van der Waals surface area (Å²) < 4.78 is 0. The van der Waals surface area contributed by atoms with E-state index >= 15 is 0 Å². The largest absolute Gasteiger partial charge is 0.384 e. The highest BCUT2D eigenvalue weighted by Gasteiger charge is 2.59. The van der Waals surface area contributed by atoms with Crippen molar-refractivity contribution in [2.24, 2.45) is 11.8 Å². The van der Waals surface area contributed by atoms with Crippen LogP contribution < -0.4 is 0 Å². The number of hydrogen-bond donors (Lipinski definition) is 1. The first kappa shape index (κ1) is 12.9. The van der Waals surface area contributed by atoms with Crippen molar-refractivity contribution in [1.82, 2.24) is 4.90 Å². The van der Waals surface area contributed by atoms with Gasteiger partial charge in [-0.05, 0) is 31.0 Å². The lowest BCUT2D eigenvalue weighted by Gasteiger charge is -2.24. The van der Waals surface area contributed by atoms with E-state index in [-0.39, 0.29) is 36.3 Å². The molecule has 1 heterocycles. The average Bonchev–Trinajstić information content (AvgIpc) is 3.21. The van der Waals surface area contributed by atoms with Gasteiger partial charge in [0.2, 0.25) is 11.8 Å². The number of benzene rings is 1. The number of nitrogens with zero attached hydrogens (tertiary/aromatic N) is 1. The summed E-state index contributed by atoms with van der Waals surface area (Å²) in [4.78, 5) is 25.5. The molecule has 4 nitrogen and oxygen atoms in total. The Labute approximate surface area is 117 Å². The molecule has 1 saturated heterocycles. The molecule has 1 aromatic rings. The zero-order valence-corrected chi connectivity index (χ0v) is 11.2. The predicted molar refractivity (Wildman–Crippen MR) is 72.3 cm³/mol. The van der Waals surface area contributed by atoms with E-state index < -0.39 is 0 Å². The number of carbonyl (C=O) groups is 2. The number of amides is 2. The van der Waals surface area contributed by atoms with E-state index in [1.54, 1.807) is 0 Å². The summed E-state index contributed by atoms with van der Waals surface area (Å²) in [5, 5.41) is 8.65. The summed E-state index contributed by atoms with van der Waals surface area (Å²) in [7, 11) is 0. The molecule has 3 atom stereocenters. The molecule has 0 bridgehead atoms. The molecule has 1 saturated carbocycles. The van der Waals surface area contributed by atoms with Gasteiger partial charge in [-0.1, -0.05) is 24.0 Å². The maximum absolute atomic E-state index is 12.0. The summed E-state index contributed by atoms with van der Waals surface area (Å²) in [6, 6.07) is 7.18. The number of fused-ring (bicyclic) bond motifs is 1. The predicted octanol–water partition coefficient (Wildman–Crippen LogP) is 1.10. The van der Waals surface area contributed by atoms with Gasteiger partial charge < -0.3 is 5.11 Å². The van der Waals surface area contributed by atoms with Crippen LogP contribution in [-0.2, 0) is 9.59 Å². The maximum atomic E-state index is 12.0. The van der Waals surface area contributed by atoms with Crippen molar-refractivity contribution in [3.05, 3.63) is 35.4 Å². The van der Waals surface area contributed by atoms with Crippen molar-refractivity contribution in [2.75, 3.05) is 6.61 Å². The van der Waals surface area contributed by atoms with Crippen molar-refractivity contribution in [3.63, 3.8) is 0 Å². The van der Waals surface area contributed by atoms with E-state index in [2.05, 4.69) is 11.8 Å². The second kappa shape index (κ2) is 4.77. The molecule has 4 heteroatoms. The van der Waals surface area contributed by atoms with E-state index in [0.29, 0.717) is 0 Å². The lowest BCUT2D eigenvalue weighted by molar-refractivity contribution is -0.143. The van der Waals surface area contributed by atoms with Gasteiger partial charge in [-0.3, -0.25) is 14.5 Å². The summed E-state index contributed by atoms with van der Waals surface area (Å²) in [6.45, 7) is 1.70. The van der Waals surface area contributed by atoms with E-state index in [1.165, 1.54) is 4.90 Å². The van der Waals surface area contributed by atoms with Gasteiger partial charge >= 0.3 is 0 Å². The fourth-order valence-corrected chi connectivity index (χ4v) is 2.72. The molecule has 2 amide bonds. The summed E-state index contributed by atoms with van der Waals surface area (Å²) in [6.07, 6.45) is 0.733. The quantitative estimate of drug-likeness (QED) is 0.646. The fraction of sp³-hybridized carbons (Fsp3) is 0.375. The Hall–Kier alpha value is -2.12. The number of hydrogen-bond acceptors (Lipinski definition) is 3. The Morgan fingerprint density at radius 3 is 2.40 bits per heavy atom.